The Bertz CT molecular complexity index is 852. The van der Waals surface area contributed by atoms with E-state index in [4.69, 9.17) is 0 Å². The highest BCUT2D eigenvalue weighted by Crippen LogP contribution is 2.42. The van der Waals surface area contributed by atoms with Gasteiger partial charge in [-0.15, -0.1) is 0 Å². The van der Waals surface area contributed by atoms with Crippen molar-refractivity contribution in [3.05, 3.63) is 76.3 Å². The van der Waals surface area contributed by atoms with Crippen molar-refractivity contribution in [3.8, 4) is 28.0 Å². The second-order valence-corrected chi connectivity index (χ2v) is 6.19. The second kappa shape index (κ2) is 4.74. The molecule has 21 heavy (non-hydrogen) atoms. The maximum absolute atomic E-state index is 9.68. The van der Waals surface area contributed by atoms with Crippen molar-refractivity contribution in [1.29, 1.82) is 0 Å². The van der Waals surface area contributed by atoms with E-state index in [1.165, 1.54) is 27.8 Å². The summed E-state index contributed by atoms with van der Waals surface area (Å²) >= 11 is 3.40. The number of hydrogen-bond donors (Lipinski definition) is 1. The largest absolute Gasteiger partial charge is 0.507 e. The molecule has 4 rings (SSSR count). The molecular formula is C19H13BrO. The molecule has 0 fully saturated rings. The van der Waals surface area contributed by atoms with Crippen molar-refractivity contribution < 1.29 is 5.11 Å². The summed E-state index contributed by atoms with van der Waals surface area (Å²) in [6, 6.07) is 20.7. The summed E-state index contributed by atoms with van der Waals surface area (Å²) in [6.07, 6.45) is 0.972. The molecule has 1 aliphatic rings. The van der Waals surface area contributed by atoms with E-state index in [-0.39, 0.29) is 5.75 Å². The molecule has 1 aliphatic carbocycles. The highest BCUT2D eigenvalue weighted by atomic mass is 79.9. The monoisotopic (exact) mass is 336 g/mol. The van der Waals surface area contributed by atoms with Gasteiger partial charge in [-0.05, 0) is 67.9 Å². The van der Waals surface area contributed by atoms with Crippen LogP contribution >= 0.6 is 15.9 Å². The lowest BCUT2D eigenvalue weighted by Gasteiger charge is -2.10. The van der Waals surface area contributed by atoms with Crippen molar-refractivity contribution in [2.75, 3.05) is 0 Å². The molecule has 0 bridgehead atoms. The topological polar surface area (TPSA) is 20.2 Å². The lowest BCUT2D eigenvalue weighted by atomic mass is 9.96. The van der Waals surface area contributed by atoms with E-state index in [1.54, 1.807) is 6.07 Å². The van der Waals surface area contributed by atoms with Crippen LogP contribution in [0.5, 0.6) is 5.75 Å². The van der Waals surface area contributed by atoms with Crippen LogP contribution in [0.25, 0.3) is 22.3 Å². The van der Waals surface area contributed by atoms with Gasteiger partial charge in [-0.25, -0.2) is 0 Å². The normalized spacial score (nSPS) is 12.0. The summed E-state index contributed by atoms with van der Waals surface area (Å²) in [6.45, 7) is 0. The molecule has 0 aromatic heterocycles. The molecular weight excluding hydrogens is 324 g/mol. The summed E-state index contributed by atoms with van der Waals surface area (Å²) < 4.78 is 0.730. The number of fused-ring (bicyclic) bond motifs is 3. The molecule has 1 N–H and O–H groups in total. The number of phenols is 1. The molecule has 1 nitrogen and oxygen atoms in total. The SMILES string of the molecule is Oc1ccc(-c2cccc3c2Cc2ccccc2-3)cc1Br. The van der Waals surface area contributed by atoms with Crippen LogP contribution in [0.4, 0.5) is 0 Å². The van der Waals surface area contributed by atoms with Gasteiger partial charge in [0.15, 0.2) is 0 Å². The number of halogens is 1. The Hall–Kier alpha value is -2.06. The first-order valence-corrected chi connectivity index (χ1v) is 7.72. The average molecular weight is 337 g/mol. The predicted octanol–water partition coefficient (Wildman–Crippen LogP) is 5.39. The molecule has 0 saturated carbocycles. The molecule has 0 saturated heterocycles. The van der Waals surface area contributed by atoms with Crippen LogP contribution in [-0.4, -0.2) is 5.11 Å². The Morgan fingerprint density at radius 3 is 2.43 bits per heavy atom. The van der Waals surface area contributed by atoms with Crippen molar-refractivity contribution in [2.45, 2.75) is 6.42 Å². The van der Waals surface area contributed by atoms with E-state index in [0.717, 1.165) is 16.5 Å². The van der Waals surface area contributed by atoms with E-state index in [1.807, 2.05) is 12.1 Å². The van der Waals surface area contributed by atoms with Crippen LogP contribution in [0.2, 0.25) is 0 Å². The molecule has 0 heterocycles. The van der Waals surface area contributed by atoms with Gasteiger partial charge < -0.3 is 5.11 Å². The molecule has 0 atom stereocenters. The quantitative estimate of drug-likeness (QED) is 0.493. The van der Waals surface area contributed by atoms with Crippen LogP contribution in [0.1, 0.15) is 11.1 Å². The second-order valence-electron chi connectivity index (χ2n) is 5.33. The Labute approximate surface area is 132 Å². The van der Waals surface area contributed by atoms with E-state index in [0.29, 0.717) is 0 Å². The average Bonchev–Trinajstić information content (AvgIpc) is 2.89. The lowest BCUT2D eigenvalue weighted by Crippen LogP contribution is -1.88. The minimum atomic E-state index is 0.273. The van der Waals surface area contributed by atoms with E-state index in [2.05, 4.69) is 58.4 Å². The Kier molecular flexibility index (Phi) is 2.86. The number of rotatable bonds is 1. The molecule has 3 aromatic rings. The van der Waals surface area contributed by atoms with Crippen molar-refractivity contribution in [3.63, 3.8) is 0 Å². The fraction of sp³-hybridized carbons (Fsp3) is 0.0526. The summed E-state index contributed by atoms with van der Waals surface area (Å²) in [5.74, 6) is 0.273. The van der Waals surface area contributed by atoms with Crippen LogP contribution in [0, 0.1) is 0 Å². The number of hydrogen-bond acceptors (Lipinski definition) is 1. The standard InChI is InChI=1S/C19H13BrO/c20-18-11-13(8-9-19(18)21)15-6-3-7-16-14-5-2-1-4-12(14)10-17(15)16/h1-9,11,21H,10H2. The Morgan fingerprint density at radius 2 is 1.57 bits per heavy atom. The van der Waals surface area contributed by atoms with Crippen LogP contribution in [-0.2, 0) is 6.42 Å². The zero-order valence-electron chi connectivity index (χ0n) is 11.3. The Morgan fingerprint density at radius 1 is 0.810 bits per heavy atom. The maximum atomic E-state index is 9.68. The number of benzene rings is 3. The van der Waals surface area contributed by atoms with Gasteiger partial charge in [0.05, 0.1) is 4.47 Å². The van der Waals surface area contributed by atoms with E-state index in [9.17, 15) is 5.11 Å². The minimum Gasteiger partial charge on any atom is -0.507 e. The third-order valence-electron chi connectivity index (χ3n) is 4.11. The summed E-state index contributed by atoms with van der Waals surface area (Å²) in [7, 11) is 0. The molecule has 0 unspecified atom stereocenters. The highest BCUT2D eigenvalue weighted by molar-refractivity contribution is 9.10. The fourth-order valence-electron chi connectivity index (χ4n) is 3.10. The smallest absolute Gasteiger partial charge is 0.129 e. The molecule has 102 valence electrons. The first-order valence-electron chi connectivity index (χ1n) is 6.93. The van der Waals surface area contributed by atoms with Crippen LogP contribution in [0.15, 0.2) is 65.1 Å². The summed E-state index contributed by atoms with van der Waals surface area (Å²) in [5, 5.41) is 9.68. The maximum Gasteiger partial charge on any atom is 0.129 e. The molecule has 2 heteroatoms. The summed E-state index contributed by atoms with van der Waals surface area (Å²) in [5.41, 5.74) is 7.79. The highest BCUT2D eigenvalue weighted by Gasteiger charge is 2.21. The molecule has 0 amide bonds. The lowest BCUT2D eigenvalue weighted by molar-refractivity contribution is 0.472. The van der Waals surface area contributed by atoms with Gasteiger partial charge in [0.25, 0.3) is 0 Å². The predicted molar refractivity (Wildman–Crippen MR) is 89.5 cm³/mol. The first kappa shape index (κ1) is 12.7. The fourth-order valence-corrected chi connectivity index (χ4v) is 3.48. The zero-order valence-corrected chi connectivity index (χ0v) is 12.9. The van der Waals surface area contributed by atoms with Crippen LogP contribution in [0.3, 0.4) is 0 Å². The molecule has 0 radical (unpaired) electrons. The van der Waals surface area contributed by atoms with Gasteiger partial charge in [-0.1, -0.05) is 48.5 Å². The van der Waals surface area contributed by atoms with E-state index >= 15 is 0 Å². The van der Waals surface area contributed by atoms with Gasteiger partial charge in [0, 0.05) is 0 Å². The molecule has 0 aliphatic heterocycles. The number of aromatic hydroxyl groups is 1. The van der Waals surface area contributed by atoms with Crippen molar-refractivity contribution in [2.24, 2.45) is 0 Å². The minimum absolute atomic E-state index is 0.273. The number of phenolic OH excluding ortho intramolecular Hbond substituents is 1. The summed E-state index contributed by atoms with van der Waals surface area (Å²) in [4.78, 5) is 0. The molecule has 0 spiro atoms. The van der Waals surface area contributed by atoms with Gasteiger partial charge in [-0.3, -0.25) is 0 Å². The van der Waals surface area contributed by atoms with Gasteiger partial charge >= 0.3 is 0 Å². The zero-order chi connectivity index (χ0) is 14.4. The van der Waals surface area contributed by atoms with Crippen LogP contribution < -0.4 is 0 Å². The van der Waals surface area contributed by atoms with Crippen molar-refractivity contribution in [1.82, 2.24) is 0 Å². The van der Waals surface area contributed by atoms with E-state index < -0.39 is 0 Å². The third-order valence-corrected chi connectivity index (χ3v) is 4.74. The van der Waals surface area contributed by atoms with Gasteiger partial charge in [-0.2, -0.15) is 0 Å². The molecule has 3 aromatic carbocycles. The van der Waals surface area contributed by atoms with Gasteiger partial charge in [0.2, 0.25) is 0 Å². The first-order chi connectivity index (χ1) is 10.2. The third kappa shape index (κ3) is 1.98. The Balaban J connectivity index is 1.92. The van der Waals surface area contributed by atoms with Crippen molar-refractivity contribution >= 4 is 15.9 Å². The van der Waals surface area contributed by atoms with Gasteiger partial charge in [0.1, 0.15) is 5.75 Å².